The molecule has 1 amide bonds. The Kier molecular flexibility index (Phi) is 6.09. The number of benzene rings is 1. The van der Waals surface area contributed by atoms with Crippen LogP contribution in [0.2, 0.25) is 0 Å². The fraction of sp³-hybridized carbons (Fsp3) is 0.391. The van der Waals surface area contributed by atoms with Crippen molar-refractivity contribution in [2.45, 2.75) is 26.8 Å². The summed E-state index contributed by atoms with van der Waals surface area (Å²) in [6, 6.07) is 9.11. The molecule has 32 heavy (non-hydrogen) atoms. The maximum atomic E-state index is 12.9. The van der Waals surface area contributed by atoms with Gasteiger partial charge in [0.05, 0.1) is 31.3 Å². The fourth-order valence-electron chi connectivity index (χ4n) is 3.60. The number of carbonyl (C=O) groups is 1. The summed E-state index contributed by atoms with van der Waals surface area (Å²) in [5, 5.41) is 3.57. The number of nitrogens with one attached hydrogen (secondary N) is 2. The Bertz CT molecular complexity index is 1190. The third-order valence-electron chi connectivity index (χ3n) is 5.27. The number of aromatic nitrogens is 2. The summed E-state index contributed by atoms with van der Waals surface area (Å²) in [5.41, 5.74) is 0.834. The van der Waals surface area contributed by atoms with Crippen molar-refractivity contribution in [3.05, 3.63) is 56.9 Å². The number of ether oxygens (including phenoxy) is 2. The zero-order chi connectivity index (χ0) is 22.7. The number of rotatable bonds is 2. The van der Waals surface area contributed by atoms with Gasteiger partial charge in [-0.05, 0) is 17.1 Å². The number of aromatic amines is 1. The van der Waals surface area contributed by atoms with E-state index in [2.05, 4.69) is 20.3 Å². The van der Waals surface area contributed by atoms with Gasteiger partial charge >= 0.3 is 6.09 Å². The van der Waals surface area contributed by atoms with Crippen LogP contribution < -0.4 is 26.3 Å². The van der Waals surface area contributed by atoms with E-state index in [4.69, 9.17) is 9.47 Å². The van der Waals surface area contributed by atoms with Crippen molar-refractivity contribution in [3.63, 3.8) is 0 Å². The van der Waals surface area contributed by atoms with Gasteiger partial charge in [-0.15, -0.1) is 0 Å². The van der Waals surface area contributed by atoms with Gasteiger partial charge in [-0.3, -0.25) is 9.79 Å². The average molecular weight is 438 g/mol. The van der Waals surface area contributed by atoms with E-state index in [1.54, 1.807) is 17.3 Å². The highest BCUT2D eigenvalue weighted by Gasteiger charge is 2.32. The molecule has 1 aromatic heterocycles. The Balaban J connectivity index is 1.85. The van der Waals surface area contributed by atoms with Gasteiger partial charge in [-0.2, -0.15) is 0 Å². The molecule has 0 spiro atoms. The molecule has 9 heteroatoms. The Morgan fingerprint density at radius 3 is 2.62 bits per heavy atom. The molecule has 0 saturated carbocycles. The van der Waals surface area contributed by atoms with Crippen molar-refractivity contribution in [2.24, 2.45) is 10.4 Å². The standard InChI is InChI=1S/C23H27N5O4/c1-23(2,3)19-17(24-14-25-19)18-21(32-22(30)28-9-11-31-12-10-28)26-16(20(29)27-18)13-15-7-5-4-6-8-15/h4-8,13-14,19H,9-12H2,1-3H3,(H,24,25)(H,27,29)/b16-13-,18-17-. The lowest BCUT2D eigenvalue weighted by Crippen LogP contribution is -2.45. The van der Waals surface area contributed by atoms with Crippen LogP contribution in [0.25, 0.3) is 11.8 Å². The lowest BCUT2D eigenvalue weighted by Gasteiger charge is -2.26. The maximum Gasteiger partial charge on any atom is 0.416 e. The van der Waals surface area contributed by atoms with E-state index in [-0.39, 0.29) is 28.2 Å². The van der Waals surface area contributed by atoms with E-state index in [1.165, 1.54) is 0 Å². The molecule has 4 rings (SSSR count). The molecule has 9 nitrogen and oxygen atoms in total. The minimum Gasteiger partial charge on any atom is -0.389 e. The van der Waals surface area contributed by atoms with E-state index in [1.807, 2.05) is 51.1 Å². The second kappa shape index (κ2) is 8.96. The van der Waals surface area contributed by atoms with Crippen LogP contribution >= 0.6 is 0 Å². The number of morpholine rings is 1. The number of hydrogen-bond acceptors (Lipinski definition) is 7. The zero-order valence-corrected chi connectivity index (χ0v) is 18.4. The van der Waals surface area contributed by atoms with Crippen LogP contribution in [-0.4, -0.2) is 59.6 Å². The van der Waals surface area contributed by atoms with Crippen LogP contribution in [0.5, 0.6) is 5.88 Å². The van der Waals surface area contributed by atoms with Gasteiger partial charge in [0.15, 0.2) is 0 Å². The SMILES string of the molecule is CC(C)(C)C1N=CN/C1=c1\[nH]c(=O)/c(=C/c2ccccc2)nc1OC(=O)N1CCOCC1. The molecular formula is C23H27N5O4. The molecule has 1 aromatic carbocycles. The van der Waals surface area contributed by atoms with Gasteiger partial charge in [0.25, 0.3) is 11.4 Å². The fourth-order valence-corrected chi connectivity index (χ4v) is 3.60. The van der Waals surface area contributed by atoms with Gasteiger partial charge in [0.2, 0.25) is 0 Å². The van der Waals surface area contributed by atoms with E-state index >= 15 is 0 Å². The highest BCUT2D eigenvalue weighted by atomic mass is 16.6. The highest BCUT2D eigenvalue weighted by molar-refractivity contribution is 5.76. The van der Waals surface area contributed by atoms with Gasteiger partial charge in [0, 0.05) is 13.1 Å². The summed E-state index contributed by atoms with van der Waals surface area (Å²) >= 11 is 0. The van der Waals surface area contributed by atoms with E-state index in [9.17, 15) is 9.59 Å². The summed E-state index contributed by atoms with van der Waals surface area (Å²) in [6.07, 6.45) is 2.70. The van der Waals surface area contributed by atoms with Gasteiger partial charge in [-0.25, -0.2) is 9.78 Å². The molecule has 2 aliphatic rings. The van der Waals surface area contributed by atoms with Crippen molar-refractivity contribution in [2.75, 3.05) is 26.3 Å². The quantitative estimate of drug-likeness (QED) is 0.712. The highest BCUT2D eigenvalue weighted by Crippen LogP contribution is 2.29. The first kappa shape index (κ1) is 21.8. The van der Waals surface area contributed by atoms with E-state index in [0.717, 1.165) is 5.56 Å². The van der Waals surface area contributed by atoms with Crippen LogP contribution in [0.3, 0.4) is 0 Å². The molecular weight excluding hydrogens is 410 g/mol. The minimum atomic E-state index is -0.536. The van der Waals surface area contributed by atoms with Crippen LogP contribution in [0.15, 0.2) is 40.1 Å². The van der Waals surface area contributed by atoms with Crippen molar-refractivity contribution < 1.29 is 14.3 Å². The van der Waals surface area contributed by atoms with Crippen LogP contribution in [0.4, 0.5) is 4.79 Å². The van der Waals surface area contributed by atoms with Crippen molar-refractivity contribution in [1.29, 1.82) is 0 Å². The predicted octanol–water partition coefficient (Wildman–Crippen LogP) is 0.584. The number of H-pyrrole nitrogens is 1. The number of nitrogens with zero attached hydrogens (tertiary/aromatic N) is 3. The number of aliphatic imine (C=N–C) groups is 1. The molecule has 2 aliphatic heterocycles. The Morgan fingerprint density at radius 2 is 1.94 bits per heavy atom. The predicted molar refractivity (Wildman–Crippen MR) is 121 cm³/mol. The molecule has 1 unspecified atom stereocenters. The van der Waals surface area contributed by atoms with Gasteiger partial charge in [-0.1, -0.05) is 51.1 Å². The molecule has 1 fully saturated rings. The van der Waals surface area contributed by atoms with E-state index in [0.29, 0.717) is 37.3 Å². The summed E-state index contributed by atoms with van der Waals surface area (Å²) in [6.45, 7) is 7.91. The molecule has 168 valence electrons. The number of amides is 1. The minimum absolute atomic E-state index is 0.0329. The van der Waals surface area contributed by atoms with Crippen molar-refractivity contribution in [3.8, 4) is 5.88 Å². The van der Waals surface area contributed by atoms with E-state index < -0.39 is 6.09 Å². The summed E-state index contributed by atoms with van der Waals surface area (Å²) in [4.78, 5) is 39.1. The first-order valence-electron chi connectivity index (χ1n) is 10.6. The topological polar surface area (TPSA) is 109 Å². The summed E-state index contributed by atoms with van der Waals surface area (Å²) < 4.78 is 11.0. The lowest BCUT2D eigenvalue weighted by atomic mass is 9.85. The Morgan fingerprint density at radius 1 is 1.22 bits per heavy atom. The third-order valence-corrected chi connectivity index (χ3v) is 5.27. The first-order valence-corrected chi connectivity index (χ1v) is 10.6. The molecule has 3 heterocycles. The molecule has 2 aromatic rings. The normalized spacial score (nSPS) is 20.9. The Labute approximate surface area is 185 Å². The number of hydrogen-bond donors (Lipinski definition) is 2. The largest absolute Gasteiger partial charge is 0.416 e. The molecule has 2 N–H and O–H groups in total. The van der Waals surface area contributed by atoms with Gasteiger partial charge in [0.1, 0.15) is 10.7 Å². The van der Waals surface area contributed by atoms with Crippen molar-refractivity contribution in [1.82, 2.24) is 20.2 Å². The Hall–Kier alpha value is -3.46. The van der Waals surface area contributed by atoms with Gasteiger partial charge < -0.3 is 24.7 Å². The molecule has 1 atom stereocenters. The third kappa shape index (κ3) is 4.72. The first-order chi connectivity index (χ1) is 15.3. The monoisotopic (exact) mass is 437 g/mol. The van der Waals surface area contributed by atoms with Crippen LogP contribution in [0.1, 0.15) is 26.3 Å². The maximum absolute atomic E-state index is 12.9. The second-order valence-electron chi connectivity index (χ2n) is 8.76. The molecule has 0 aliphatic carbocycles. The molecule has 0 radical (unpaired) electrons. The second-order valence-corrected chi connectivity index (χ2v) is 8.76. The summed E-state index contributed by atoms with van der Waals surface area (Å²) in [5.74, 6) is 0.0329. The molecule has 1 saturated heterocycles. The molecule has 0 bridgehead atoms. The average Bonchev–Trinajstić information content (AvgIpc) is 3.27. The van der Waals surface area contributed by atoms with Crippen LogP contribution in [0, 0.1) is 5.41 Å². The smallest absolute Gasteiger partial charge is 0.389 e. The lowest BCUT2D eigenvalue weighted by molar-refractivity contribution is 0.0410. The summed E-state index contributed by atoms with van der Waals surface area (Å²) in [7, 11) is 0. The van der Waals surface area contributed by atoms with Crippen molar-refractivity contribution >= 4 is 24.2 Å². The number of carbonyl (C=O) groups excluding carboxylic acids is 1. The zero-order valence-electron chi connectivity index (χ0n) is 18.4. The van der Waals surface area contributed by atoms with Crippen LogP contribution in [-0.2, 0) is 4.74 Å².